The van der Waals surface area contributed by atoms with Crippen LogP contribution in [0.25, 0.3) is 0 Å². The van der Waals surface area contributed by atoms with Crippen molar-refractivity contribution in [2.75, 3.05) is 13.7 Å². The Bertz CT molecular complexity index is 221. The van der Waals surface area contributed by atoms with E-state index in [1.807, 2.05) is 13.8 Å². The molecule has 0 spiro atoms. The summed E-state index contributed by atoms with van der Waals surface area (Å²) in [6.07, 6.45) is 0.433. The van der Waals surface area contributed by atoms with E-state index in [1.165, 1.54) is 0 Å². The zero-order valence-corrected chi connectivity index (χ0v) is 9.53. The maximum Gasteiger partial charge on any atom is 0.237 e. The van der Waals surface area contributed by atoms with Crippen molar-refractivity contribution >= 4 is 5.91 Å². The van der Waals surface area contributed by atoms with Gasteiger partial charge in [-0.25, -0.2) is 0 Å². The normalized spacial score (nSPS) is 28.1. The third-order valence-electron chi connectivity index (χ3n) is 2.62. The van der Waals surface area contributed by atoms with Crippen molar-refractivity contribution in [2.45, 2.75) is 38.6 Å². The Morgan fingerprint density at radius 1 is 1.60 bits per heavy atom. The second-order valence-corrected chi connectivity index (χ2v) is 4.15. The zero-order chi connectivity index (χ0) is 11.4. The van der Waals surface area contributed by atoms with Crippen LogP contribution in [-0.2, 0) is 14.3 Å². The molecule has 0 aromatic heterocycles. The first-order valence-electron chi connectivity index (χ1n) is 5.26. The molecule has 1 heterocycles. The lowest BCUT2D eigenvalue weighted by atomic mass is 10.0. The maximum absolute atomic E-state index is 11.7. The van der Waals surface area contributed by atoms with Gasteiger partial charge in [0.05, 0.1) is 18.7 Å². The highest BCUT2D eigenvalue weighted by Gasteiger charge is 2.31. The molecule has 1 rings (SSSR count). The lowest BCUT2D eigenvalue weighted by Crippen LogP contribution is -2.50. The molecule has 15 heavy (non-hydrogen) atoms. The minimum atomic E-state index is -0.469. The number of carbonyl (C=O) groups is 1. The molecule has 1 aliphatic heterocycles. The molecule has 0 aromatic rings. The van der Waals surface area contributed by atoms with E-state index in [0.29, 0.717) is 6.61 Å². The minimum absolute atomic E-state index is 0.0766. The summed E-state index contributed by atoms with van der Waals surface area (Å²) in [6.45, 7) is 4.45. The first-order chi connectivity index (χ1) is 7.06. The van der Waals surface area contributed by atoms with Crippen molar-refractivity contribution in [3.05, 3.63) is 0 Å². The Kier molecular flexibility index (Phi) is 4.50. The van der Waals surface area contributed by atoms with Gasteiger partial charge in [-0.05, 0) is 12.3 Å². The number of hydrogen-bond donors (Lipinski definition) is 2. The Hall–Kier alpha value is -0.650. The fourth-order valence-corrected chi connectivity index (χ4v) is 1.52. The number of hydrogen-bond acceptors (Lipinski definition) is 4. The van der Waals surface area contributed by atoms with E-state index in [2.05, 4.69) is 5.32 Å². The van der Waals surface area contributed by atoms with Crippen LogP contribution in [0, 0.1) is 5.92 Å². The summed E-state index contributed by atoms with van der Waals surface area (Å²) in [4.78, 5) is 11.7. The number of nitrogens with one attached hydrogen (secondary N) is 1. The van der Waals surface area contributed by atoms with E-state index in [4.69, 9.17) is 15.2 Å². The molecule has 5 nitrogen and oxygen atoms in total. The molecule has 1 saturated heterocycles. The van der Waals surface area contributed by atoms with E-state index in [-0.39, 0.29) is 24.2 Å². The number of nitrogens with two attached hydrogens (primary N) is 1. The molecular formula is C10H20N2O3. The van der Waals surface area contributed by atoms with Gasteiger partial charge >= 0.3 is 0 Å². The van der Waals surface area contributed by atoms with Crippen molar-refractivity contribution in [2.24, 2.45) is 11.7 Å². The average Bonchev–Trinajstić information content (AvgIpc) is 2.63. The van der Waals surface area contributed by atoms with E-state index in [0.717, 1.165) is 6.42 Å². The lowest BCUT2D eigenvalue weighted by molar-refractivity contribution is -0.130. The van der Waals surface area contributed by atoms with Crippen molar-refractivity contribution in [3.8, 4) is 0 Å². The number of rotatable bonds is 4. The topological polar surface area (TPSA) is 73.6 Å². The molecule has 5 heteroatoms. The Morgan fingerprint density at radius 2 is 2.27 bits per heavy atom. The van der Waals surface area contributed by atoms with Crippen LogP contribution in [-0.4, -0.2) is 38.0 Å². The smallest absolute Gasteiger partial charge is 0.237 e. The minimum Gasteiger partial charge on any atom is -0.354 e. The molecule has 1 amide bonds. The summed E-state index contributed by atoms with van der Waals surface area (Å²) >= 11 is 0. The largest absolute Gasteiger partial charge is 0.354 e. The SMILES string of the molecule is COC1OCC[C@@H]1NC(=O)[C@@H](N)C(C)C. The molecule has 0 saturated carbocycles. The zero-order valence-electron chi connectivity index (χ0n) is 9.53. The maximum atomic E-state index is 11.7. The van der Waals surface area contributed by atoms with Crippen LogP contribution in [0.3, 0.4) is 0 Å². The quantitative estimate of drug-likeness (QED) is 0.685. The number of ether oxygens (including phenoxy) is 2. The first-order valence-corrected chi connectivity index (χ1v) is 5.26. The monoisotopic (exact) mass is 216 g/mol. The predicted molar refractivity (Wildman–Crippen MR) is 56.1 cm³/mol. The van der Waals surface area contributed by atoms with Crippen LogP contribution >= 0.6 is 0 Å². The van der Waals surface area contributed by atoms with Gasteiger partial charge in [-0.2, -0.15) is 0 Å². The van der Waals surface area contributed by atoms with Crippen LogP contribution in [0.1, 0.15) is 20.3 Å². The molecule has 1 fully saturated rings. The fourth-order valence-electron chi connectivity index (χ4n) is 1.52. The van der Waals surface area contributed by atoms with Gasteiger partial charge in [0.1, 0.15) is 0 Å². The molecule has 1 unspecified atom stereocenters. The molecule has 88 valence electrons. The van der Waals surface area contributed by atoms with Gasteiger partial charge in [-0.15, -0.1) is 0 Å². The van der Waals surface area contributed by atoms with E-state index < -0.39 is 6.04 Å². The molecule has 0 aliphatic carbocycles. The van der Waals surface area contributed by atoms with Crippen molar-refractivity contribution in [1.82, 2.24) is 5.32 Å². The first kappa shape index (κ1) is 12.4. The predicted octanol–water partition coefficient (Wildman–Crippen LogP) is -0.153. The van der Waals surface area contributed by atoms with Gasteiger partial charge in [0.25, 0.3) is 0 Å². The van der Waals surface area contributed by atoms with Crippen LogP contribution in [0.5, 0.6) is 0 Å². The van der Waals surface area contributed by atoms with E-state index >= 15 is 0 Å². The fraction of sp³-hybridized carbons (Fsp3) is 0.900. The summed E-state index contributed by atoms with van der Waals surface area (Å²) in [7, 11) is 1.57. The molecule has 0 radical (unpaired) electrons. The van der Waals surface area contributed by atoms with Gasteiger partial charge in [0, 0.05) is 7.11 Å². The second-order valence-electron chi connectivity index (χ2n) is 4.15. The average molecular weight is 216 g/mol. The number of methoxy groups -OCH3 is 1. The van der Waals surface area contributed by atoms with Gasteiger partial charge in [0.2, 0.25) is 5.91 Å². The summed E-state index contributed by atoms with van der Waals surface area (Å²) in [5.41, 5.74) is 5.73. The number of amides is 1. The molecule has 3 atom stereocenters. The standard InChI is InChI=1S/C10H20N2O3/c1-6(2)8(11)9(13)12-7-4-5-15-10(7)14-3/h6-8,10H,4-5,11H2,1-3H3,(H,12,13)/t7-,8-,10?/m0/s1. The highest BCUT2D eigenvalue weighted by atomic mass is 16.7. The van der Waals surface area contributed by atoms with Gasteiger partial charge in [-0.3, -0.25) is 4.79 Å². The van der Waals surface area contributed by atoms with Crippen LogP contribution in [0.15, 0.2) is 0 Å². The van der Waals surface area contributed by atoms with Crippen molar-refractivity contribution in [1.29, 1.82) is 0 Å². The van der Waals surface area contributed by atoms with Crippen LogP contribution in [0.2, 0.25) is 0 Å². The van der Waals surface area contributed by atoms with Crippen LogP contribution in [0.4, 0.5) is 0 Å². The molecule has 0 aromatic carbocycles. The van der Waals surface area contributed by atoms with Gasteiger partial charge in [-0.1, -0.05) is 13.8 Å². The summed E-state index contributed by atoms with van der Waals surface area (Å²) in [6, 6.07) is -0.546. The Morgan fingerprint density at radius 3 is 2.80 bits per heavy atom. The highest BCUT2D eigenvalue weighted by Crippen LogP contribution is 2.14. The summed E-state index contributed by atoms with van der Waals surface area (Å²) in [5.74, 6) is -0.00383. The van der Waals surface area contributed by atoms with Crippen LogP contribution < -0.4 is 11.1 Å². The third kappa shape index (κ3) is 3.15. The highest BCUT2D eigenvalue weighted by molar-refractivity contribution is 5.82. The summed E-state index contributed by atoms with van der Waals surface area (Å²) in [5, 5.41) is 2.85. The van der Waals surface area contributed by atoms with Gasteiger partial charge < -0.3 is 20.5 Å². The molecule has 1 aliphatic rings. The third-order valence-corrected chi connectivity index (χ3v) is 2.62. The van der Waals surface area contributed by atoms with Gasteiger partial charge in [0.15, 0.2) is 6.29 Å². The van der Waals surface area contributed by atoms with E-state index in [1.54, 1.807) is 7.11 Å². The summed E-state index contributed by atoms with van der Waals surface area (Å²) < 4.78 is 10.4. The molecule has 3 N–H and O–H groups in total. The molecule has 0 bridgehead atoms. The van der Waals surface area contributed by atoms with Crippen molar-refractivity contribution in [3.63, 3.8) is 0 Å². The Balaban J connectivity index is 2.43. The lowest BCUT2D eigenvalue weighted by Gasteiger charge is -2.21. The van der Waals surface area contributed by atoms with Crippen molar-refractivity contribution < 1.29 is 14.3 Å². The number of carbonyl (C=O) groups excluding carboxylic acids is 1. The second kappa shape index (κ2) is 5.44. The molecular weight excluding hydrogens is 196 g/mol. The Labute approximate surface area is 90.3 Å². The van der Waals surface area contributed by atoms with E-state index in [9.17, 15) is 4.79 Å².